The molecule has 1 aromatic heterocycles. The Balaban J connectivity index is 1.98. The Morgan fingerprint density at radius 2 is 1.87 bits per heavy atom. The predicted octanol–water partition coefficient (Wildman–Crippen LogP) is 3.59. The number of hydrogen-bond donors (Lipinski definition) is 0. The lowest BCUT2D eigenvalue weighted by molar-refractivity contribution is 0.111. The lowest BCUT2D eigenvalue weighted by Crippen LogP contribution is -2.14. The van der Waals surface area contributed by atoms with Crippen LogP contribution in [0.25, 0.3) is 0 Å². The zero-order valence-electron chi connectivity index (χ0n) is 14.5. The highest BCUT2D eigenvalue weighted by Gasteiger charge is 2.16. The Bertz CT molecular complexity index is 652. The molecule has 1 heterocycles. The molecule has 0 aliphatic heterocycles. The fourth-order valence-corrected chi connectivity index (χ4v) is 2.48. The number of carbonyl (C=O) groups excluding carboxylic acids is 1. The van der Waals surface area contributed by atoms with Crippen molar-refractivity contribution in [3.8, 4) is 5.75 Å². The van der Waals surface area contributed by atoms with E-state index < -0.39 is 0 Å². The van der Waals surface area contributed by atoms with Crippen molar-refractivity contribution in [1.82, 2.24) is 15.0 Å². The van der Waals surface area contributed by atoms with Crippen molar-refractivity contribution in [3.63, 3.8) is 0 Å². The quantitative estimate of drug-likeness (QED) is 0.764. The maximum Gasteiger partial charge on any atom is 0.172 e. The van der Waals surface area contributed by atoms with Crippen LogP contribution in [0, 0.1) is 0 Å². The van der Waals surface area contributed by atoms with E-state index in [2.05, 4.69) is 43.2 Å². The molecule has 1 aromatic carbocycles. The average Bonchev–Trinajstić information content (AvgIpc) is 2.90. The second-order valence-electron chi connectivity index (χ2n) is 6.98. The molecule has 5 nitrogen and oxygen atoms in total. The highest BCUT2D eigenvalue weighted by molar-refractivity contribution is 5.73. The molecule has 0 aliphatic rings. The van der Waals surface area contributed by atoms with Gasteiger partial charge >= 0.3 is 0 Å². The molecule has 0 radical (unpaired) electrons. The predicted molar refractivity (Wildman–Crippen MR) is 90.1 cm³/mol. The molecule has 124 valence electrons. The summed E-state index contributed by atoms with van der Waals surface area (Å²) in [5, 5.41) is 7.95. The summed E-state index contributed by atoms with van der Waals surface area (Å²) < 4.78 is 7.53. The fourth-order valence-electron chi connectivity index (χ4n) is 2.48. The van der Waals surface area contributed by atoms with Gasteiger partial charge in [-0.25, -0.2) is 4.68 Å². The van der Waals surface area contributed by atoms with Crippen molar-refractivity contribution in [3.05, 3.63) is 41.2 Å². The number of aromatic nitrogens is 3. The van der Waals surface area contributed by atoms with E-state index >= 15 is 0 Å². The van der Waals surface area contributed by atoms with Crippen LogP contribution in [0.3, 0.4) is 0 Å². The molecule has 0 atom stereocenters. The Labute approximate surface area is 137 Å². The summed E-state index contributed by atoms with van der Waals surface area (Å²) in [5.41, 5.74) is 2.68. The first-order valence-corrected chi connectivity index (χ1v) is 7.95. The van der Waals surface area contributed by atoms with Gasteiger partial charge in [-0.15, -0.1) is 5.10 Å². The molecule has 0 aliphatic carbocycles. The third kappa shape index (κ3) is 4.18. The first-order chi connectivity index (χ1) is 10.8. The van der Waals surface area contributed by atoms with Gasteiger partial charge in [-0.1, -0.05) is 52.0 Å². The van der Waals surface area contributed by atoms with Gasteiger partial charge in [0.1, 0.15) is 18.1 Å². The van der Waals surface area contributed by atoms with Crippen LogP contribution >= 0.6 is 0 Å². The van der Waals surface area contributed by atoms with Crippen LogP contribution in [0.1, 0.15) is 62.3 Å². The minimum Gasteiger partial charge on any atom is -0.492 e. The van der Waals surface area contributed by atoms with Crippen LogP contribution in [-0.2, 0) is 12.0 Å². The molecule has 0 saturated carbocycles. The van der Waals surface area contributed by atoms with E-state index in [0.717, 1.165) is 17.7 Å². The first kappa shape index (κ1) is 17.2. The van der Waals surface area contributed by atoms with Crippen LogP contribution < -0.4 is 4.74 Å². The van der Waals surface area contributed by atoms with E-state index in [0.29, 0.717) is 18.8 Å². The average molecular weight is 315 g/mol. The van der Waals surface area contributed by atoms with E-state index in [1.807, 2.05) is 26.0 Å². The summed E-state index contributed by atoms with van der Waals surface area (Å²) in [6.07, 6.45) is 0.755. The van der Waals surface area contributed by atoms with Crippen molar-refractivity contribution in [2.24, 2.45) is 0 Å². The van der Waals surface area contributed by atoms with Gasteiger partial charge in [0.25, 0.3) is 0 Å². The second kappa shape index (κ2) is 6.94. The Hall–Kier alpha value is -2.17. The summed E-state index contributed by atoms with van der Waals surface area (Å²) in [7, 11) is 0. The summed E-state index contributed by atoms with van der Waals surface area (Å²) in [5.74, 6) is 1.02. The van der Waals surface area contributed by atoms with Gasteiger partial charge < -0.3 is 4.74 Å². The monoisotopic (exact) mass is 315 g/mol. The lowest BCUT2D eigenvalue weighted by Gasteiger charge is -2.19. The molecule has 2 aromatic rings. The molecule has 0 N–H and O–H groups in total. The normalized spacial score (nSPS) is 11.7. The highest BCUT2D eigenvalue weighted by Crippen LogP contribution is 2.24. The van der Waals surface area contributed by atoms with Crippen molar-refractivity contribution in [1.29, 1.82) is 0 Å². The Morgan fingerprint density at radius 3 is 2.39 bits per heavy atom. The summed E-state index contributed by atoms with van der Waals surface area (Å²) >= 11 is 0. The molecule has 0 amide bonds. The first-order valence-electron chi connectivity index (χ1n) is 7.95. The van der Waals surface area contributed by atoms with Gasteiger partial charge in [0.15, 0.2) is 6.29 Å². The lowest BCUT2D eigenvalue weighted by atomic mass is 9.87. The summed E-state index contributed by atoms with van der Waals surface area (Å²) in [6.45, 7) is 11.6. The fraction of sp³-hybridized carbons (Fsp3) is 0.500. The van der Waals surface area contributed by atoms with Gasteiger partial charge in [-0.2, -0.15) is 0 Å². The molecule has 0 saturated heterocycles. The van der Waals surface area contributed by atoms with Crippen LogP contribution in [0.2, 0.25) is 0 Å². The molecular weight excluding hydrogens is 290 g/mol. The van der Waals surface area contributed by atoms with Crippen molar-refractivity contribution in [2.75, 3.05) is 6.61 Å². The van der Waals surface area contributed by atoms with Crippen molar-refractivity contribution < 1.29 is 9.53 Å². The van der Waals surface area contributed by atoms with E-state index in [4.69, 9.17) is 4.74 Å². The Morgan fingerprint density at radius 1 is 1.22 bits per heavy atom. The number of benzene rings is 1. The van der Waals surface area contributed by atoms with Crippen LogP contribution in [-0.4, -0.2) is 27.9 Å². The van der Waals surface area contributed by atoms with Crippen molar-refractivity contribution >= 4 is 6.29 Å². The van der Waals surface area contributed by atoms with E-state index in [1.54, 1.807) is 4.68 Å². The van der Waals surface area contributed by atoms with Crippen LogP contribution in [0.5, 0.6) is 5.75 Å². The topological polar surface area (TPSA) is 57.0 Å². The zero-order valence-corrected chi connectivity index (χ0v) is 14.5. The minimum absolute atomic E-state index is 0.136. The summed E-state index contributed by atoms with van der Waals surface area (Å²) in [6, 6.07) is 8.16. The number of aldehydes is 1. The van der Waals surface area contributed by atoms with Gasteiger partial charge in [-0.3, -0.25) is 4.79 Å². The van der Waals surface area contributed by atoms with Gasteiger partial charge in [0, 0.05) is 0 Å². The van der Waals surface area contributed by atoms with E-state index in [9.17, 15) is 4.79 Å². The molecule has 5 heteroatoms. The number of ether oxygens (including phenoxy) is 1. The standard InChI is InChI=1S/C18H25N3O2/c1-13(2)17-16(12-22)19-20-21(17)10-11-23-15-8-6-14(7-9-15)18(3,4)5/h6-9,12-13H,10-11H2,1-5H3. The number of nitrogens with zero attached hydrogens (tertiary/aromatic N) is 3. The molecule has 23 heavy (non-hydrogen) atoms. The third-order valence-corrected chi connectivity index (χ3v) is 3.75. The minimum atomic E-state index is 0.136. The Kier molecular flexibility index (Phi) is 5.19. The van der Waals surface area contributed by atoms with E-state index in [1.165, 1.54) is 5.56 Å². The van der Waals surface area contributed by atoms with Crippen LogP contribution in [0.4, 0.5) is 0 Å². The maximum atomic E-state index is 11.0. The summed E-state index contributed by atoms with van der Waals surface area (Å²) in [4.78, 5) is 11.0. The molecule has 0 spiro atoms. The number of hydrogen-bond acceptors (Lipinski definition) is 4. The van der Waals surface area contributed by atoms with Crippen molar-refractivity contribution in [2.45, 2.75) is 52.5 Å². The van der Waals surface area contributed by atoms with Gasteiger partial charge in [-0.05, 0) is 29.0 Å². The smallest absolute Gasteiger partial charge is 0.172 e. The molecule has 0 bridgehead atoms. The zero-order chi connectivity index (χ0) is 17.0. The SMILES string of the molecule is CC(C)c1c(C=O)nnn1CCOc1ccc(C(C)(C)C)cc1. The van der Waals surface area contributed by atoms with Gasteiger partial charge in [0.2, 0.25) is 0 Å². The highest BCUT2D eigenvalue weighted by atomic mass is 16.5. The molecular formula is C18H25N3O2. The largest absolute Gasteiger partial charge is 0.492 e. The maximum absolute atomic E-state index is 11.0. The van der Waals surface area contributed by atoms with E-state index in [-0.39, 0.29) is 11.3 Å². The molecule has 0 unspecified atom stereocenters. The molecule has 2 rings (SSSR count). The van der Waals surface area contributed by atoms with Crippen LogP contribution in [0.15, 0.2) is 24.3 Å². The van der Waals surface area contributed by atoms with Gasteiger partial charge in [0.05, 0.1) is 12.2 Å². The number of carbonyl (C=O) groups is 1. The second-order valence-corrected chi connectivity index (χ2v) is 6.98. The molecule has 0 fully saturated rings. The third-order valence-electron chi connectivity index (χ3n) is 3.75. The number of rotatable bonds is 6.